The van der Waals surface area contributed by atoms with Gasteiger partial charge < -0.3 is 10.5 Å². The van der Waals surface area contributed by atoms with Crippen molar-refractivity contribution in [2.24, 2.45) is 0 Å². The second-order valence-corrected chi connectivity index (χ2v) is 5.98. The molecule has 0 saturated carbocycles. The summed E-state index contributed by atoms with van der Waals surface area (Å²) in [5.41, 5.74) is 7.91. The summed E-state index contributed by atoms with van der Waals surface area (Å²) in [6.07, 6.45) is 0. The number of hydrogen-bond acceptors (Lipinski definition) is 6. The van der Waals surface area contributed by atoms with Gasteiger partial charge in [-0.3, -0.25) is 10.1 Å². The van der Waals surface area contributed by atoms with Crippen LogP contribution in [0.4, 0.5) is 11.5 Å². The summed E-state index contributed by atoms with van der Waals surface area (Å²) in [5.74, 6) is 0.700. The first kappa shape index (κ1) is 18.2. The lowest BCUT2D eigenvalue weighted by Gasteiger charge is -2.12. The molecular formula is C19H13ClN4O3. The van der Waals surface area contributed by atoms with Gasteiger partial charge in [0, 0.05) is 33.8 Å². The first-order valence-corrected chi connectivity index (χ1v) is 8.11. The van der Waals surface area contributed by atoms with Crippen LogP contribution >= 0.6 is 11.6 Å². The monoisotopic (exact) mass is 380 g/mol. The molecule has 7 nitrogen and oxygen atoms in total. The third-order valence-corrected chi connectivity index (χ3v) is 4.33. The molecular weight excluding hydrogens is 368 g/mol. The quantitative estimate of drug-likeness (QED) is 0.528. The van der Waals surface area contributed by atoms with Crippen LogP contribution in [-0.4, -0.2) is 17.0 Å². The maximum atomic E-state index is 11.1. The highest BCUT2D eigenvalue weighted by Crippen LogP contribution is 2.37. The number of methoxy groups -OCH3 is 1. The number of rotatable bonds is 4. The Labute approximate surface area is 159 Å². The minimum atomic E-state index is -0.527. The van der Waals surface area contributed by atoms with Crippen LogP contribution in [0.1, 0.15) is 5.56 Å². The number of non-ortho nitro benzene ring substituents is 1. The molecule has 0 aliphatic heterocycles. The van der Waals surface area contributed by atoms with Crippen LogP contribution in [0, 0.1) is 21.4 Å². The van der Waals surface area contributed by atoms with Gasteiger partial charge in [0.15, 0.2) is 0 Å². The number of halogens is 1. The largest absolute Gasteiger partial charge is 0.497 e. The van der Waals surface area contributed by atoms with Gasteiger partial charge >= 0.3 is 0 Å². The van der Waals surface area contributed by atoms with Gasteiger partial charge in [0.05, 0.1) is 17.7 Å². The molecule has 2 aromatic carbocycles. The molecule has 134 valence electrons. The van der Waals surface area contributed by atoms with Gasteiger partial charge in [0.1, 0.15) is 23.2 Å². The summed E-state index contributed by atoms with van der Waals surface area (Å²) in [6.45, 7) is 0. The van der Waals surface area contributed by atoms with E-state index in [0.29, 0.717) is 22.6 Å². The number of pyridine rings is 1. The van der Waals surface area contributed by atoms with Crippen molar-refractivity contribution in [3.05, 3.63) is 69.2 Å². The number of nitriles is 1. The molecule has 0 atom stereocenters. The van der Waals surface area contributed by atoms with E-state index in [1.807, 2.05) is 6.07 Å². The Bertz CT molecular complexity index is 1080. The van der Waals surface area contributed by atoms with E-state index in [1.54, 1.807) is 37.4 Å². The maximum Gasteiger partial charge on any atom is 0.270 e. The second-order valence-electron chi connectivity index (χ2n) is 5.58. The van der Waals surface area contributed by atoms with Gasteiger partial charge in [-0.25, -0.2) is 4.98 Å². The molecule has 0 aliphatic rings. The third kappa shape index (κ3) is 3.52. The molecule has 3 aromatic rings. The molecule has 27 heavy (non-hydrogen) atoms. The van der Waals surface area contributed by atoms with E-state index >= 15 is 0 Å². The van der Waals surface area contributed by atoms with Crippen molar-refractivity contribution >= 4 is 23.1 Å². The van der Waals surface area contributed by atoms with Crippen molar-refractivity contribution in [2.45, 2.75) is 0 Å². The number of benzene rings is 2. The van der Waals surface area contributed by atoms with Crippen molar-refractivity contribution in [2.75, 3.05) is 12.8 Å². The fourth-order valence-electron chi connectivity index (χ4n) is 2.64. The fraction of sp³-hybridized carbons (Fsp3) is 0.0526. The van der Waals surface area contributed by atoms with Crippen molar-refractivity contribution in [1.82, 2.24) is 4.98 Å². The number of anilines is 1. The molecule has 1 aromatic heterocycles. The van der Waals surface area contributed by atoms with Gasteiger partial charge in [-0.05, 0) is 36.4 Å². The minimum absolute atomic E-state index is 0.0170. The zero-order chi connectivity index (χ0) is 19.6. The van der Waals surface area contributed by atoms with Gasteiger partial charge in [-0.15, -0.1) is 0 Å². The van der Waals surface area contributed by atoms with Gasteiger partial charge in [0.2, 0.25) is 0 Å². The molecule has 2 N–H and O–H groups in total. The molecule has 0 spiro atoms. The highest BCUT2D eigenvalue weighted by molar-refractivity contribution is 6.33. The van der Waals surface area contributed by atoms with E-state index in [9.17, 15) is 15.4 Å². The highest BCUT2D eigenvalue weighted by Gasteiger charge is 2.18. The fourth-order valence-corrected chi connectivity index (χ4v) is 2.86. The van der Waals surface area contributed by atoms with Gasteiger partial charge in [0.25, 0.3) is 5.69 Å². The van der Waals surface area contributed by atoms with E-state index in [0.717, 1.165) is 5.56 Å². The number of hydrogen-bond donors (Lipinski definition) is 1. The number of aromatic nitrogens is 1. The number of nitrogens with zero attached hydrogens (tertiary/aromatic N) is 3. The normalized spacial score (nSPS) is 10.3. The minimum Gasteiger partial charge on any atom is -0.497 e. The number of ether oxygens (including phenoxy) is 1. The molecule has 0 fully saturated rings. The Morgan fingerprint density at radius 1 is 1.19 bits per heavy atom. The van der Waals surface area contributed by atoms with Crippen LogP contribution in [0.2, 0.25) is 5.02 Å². The van der Waals surface area contributed by atoms with E-state index in [4.69, 9.17) is 22.1 Å². The highest BCUT2D eigenvalue weighted by atomic mass is 35.5. The predicted molar refractivity (Wildman–Crippen MR) is 102 cm³/mol. The van der Waals surface area contributed by atoms with Crippen molar-refractivity contribution in [3.63, 3.8) is 0 Å². The Morgan fingerprint density at radius 3 is 2.48 bits per heavy atom. The van der Waals surface area contributed by atoms with E-state index in [2.05, 4.69) is 4.98 Å². The predicted octanol–water partition coefficient (Wildman–Crippen LogP) is 4.44. The standard InChI is InChI=1S/C19H13ClN4O3/c1-27-13-5-2-11(3-6-13)18-9-14(16(10-21)19(22)23-18)15-8-12(24(25)26)4-7-17(15)20/h2-9H,1H3,(H2,22,23). The summed E-state index contributed by atoms with van der Waals surface area (Å²) < 4.78 is 5.14. The zero-order valence-electron chi connectivity index (χ0n) is 14.1. The Balaban J connectivity index is 2.23. The number of nitrogens with two attached hydrogens (primary N) is 1. The van der Waals surface area contributed by atoms with Crippen LogP contribution in [0.25, 0.3) is 22.4 Å². The van der Waals surface area contributed by atoms with Crippen LogP contribution in [-0.2, 0) is 0 Å². The Hall–Kier alpha value is -3.63. The van der Waals surface area contributed by atoms with Gasteiger partial charge in [-0.2, -0.15) is 5.26 Å². The zero-order valence-corrected chi connectivity index (χ0v) is 14.9. The summed E-state index contributed by atoms with van der Waals surface area (Å²) in [4.78, 5) is 14.9. The average molecular weight is 381 g/mol. The van der Waals surface area contributed by atoms with E-state index < -0.39 is 4.92 Å². The Morgan fingerprint density at radius 2 is 1.89 bits per heavy atom. The number of nitrogen functional groups attached to an aromatic ring is 1. The lowest BCUT2D eigenvalue weighted by molar-refractivity contribution is -0.384. The first-order valence-electron chi connectivity index (χ1n) is 7.74. The molecule has 0 aliphatic carbocycles. The Kier molecular flexibility index (Phi) is 4.92. The second kappa shape index (κ2) is 7.32. The molecule has 0 radical (unpaired) electrons. The lowest BCUT2D eigenvalue weighted by atomic mass is 9.98. The molecule has 3 rings (SSSR count). The number of nitro groups is 1. The summed E-state index contributed by atoms with van der Waals surface area (Å²) in [6, 6.07) is 14.8. The van der Waals surface area contributed by atoms with Crippen LogP contribution < -0.4 is 10.5 Å². The molecule has 0 saturated heterocycles. The topological polar surface area (TPSA) is 115 Å². The van der Waals surface area contributed by atoms with E-state index in [-0.39, 0.29) is 22.1 Å². The summed E-state index contributed by atoms with van der Waals surface area (Å²) >= 11 is 6.24. The SMILES string of the molecule is COc1ccc(-c2cc(-c3cc([N+](=O)[O-])ccc3Cl)c(C#N)c(N)n2)cc1. The van der Waals surface area contributed by atoms with Crippen LogP contribution in [0.5, 0.6) is 5.75 Å². The van der Waals surface area contributed by atoms with Crippen LogP contribution in [0.3, 0.4) is 0 Å². The average Bonchev–Trinajstić information content (AvgIpc) is 2.67. The van der Waals surface area contributed by atoms with Crippen LogP contribution in [0.15, 0.2) is 48.5 Å². The summed E-state index contributed by atoms with van der Waals surface area (Å²) in [5, 5.41) is 20.9. The lowest BCUT2D eigenvalue weighted by Crippen LogP contribution is -2.00. The van der Waals surface area contributed by atoms with Crippen molar-refractivity contribution < 1.29 is 9.66 Å². The number of nitro benzene ring substituents is 1. The van der Waals surface area contributed by atoms with Crippen molar-refractivity contribution in [1.29, 1.82) is 5.26 Å². The molecule has 1 heterocycles. The van der Waals surface area contributed by atoms with Gasteiger partial charge in [-0.1, -0.05) is 11.6 Å². The van der Waals surface area contributed by atoms with Crippen molar-refractivity contribution in [3.8, 4) is 34.2 Å². The summed E-state index contributed by atoms with van der Waals surface area (Å²) in [7, 11) is 1.56. The molecule has 0 bridgehead atoms. The smallest absolute Gasteiger partial charge is 0.270 e. The molecule has 8 heteroatoms. The maximum absolute atomic E-state index is 11.1. The molecule has 0 unspecified atom stereocenters. The third-order valence-electron chi connectivity index (χ3n) is 4.00. The van der Waals surface area contributed by atoms with E-state index in [1.165, 1.54) is 18.2 Å². The first-order chi connectivity index (χ1) is 12.9. The molecule has 0 amide bonds.